The van der Waals surface area contributed by atoms with Crippen molar-refractivity contribution in [2.24, 2.45) is 0 Å². The summed E-state index contributed by atoms with van der Waals surface area (Å²) < 4.78 is 12.2. The molecule has 3 N–H and O–H groups in total. The Labute approximate surface area is 140 Å². The highest BCUT2D eigenvalue weighted by Crippen LogP contribution is 2.44. The Bertz CT molecular complexity index is 852. The van der Waals surface area contributed by atoms with Crippen LogP contribution in [0.15, 0.2) is 17.4 Å². The molecule has 0 bridgehead atoms. The minimum Gasteiger partial charge on any atom is -0.394 e. The fourth-order valence-corrected chi connectivity index (χ4v) is 3.35. The van der Waals surface area contributed by atoms with Crippen molar-refractivity contribution in [2.45, 2.75) is 23.5 Å². The number of carbonyl (C=O) groups is 1. The zero-order valence-electron chi connectivity index (χ0n) is 12.4. The van der Waals surface area contributed by atoms with E-state index in [1.165, 1.54) is 18.0 Å². The molecule has 0 unspecified atom stereocenters. The Morgan fingerprint density at radius 3 is 2.92 bits per heavy atom. The van der Waals surface area contributed by atoms with Crippen LogP contribution in [0.2, 0.25) is 0 Å². The second-order valence-corrected chi connectivity index (χ2v) is 5.47. The van der Waals surface area contributed by atoms with Crippen LogP contribution in [-0.4, -0.2) is 72.9 Å². The highest BCUT2D eigenvalue weighted by Gasteiger charge is 2.67. The lowest BCUT2D eigenvalue weighted by Gasteiger charge is -2.38. The maximum Gasteiger partial charge on any atom is 0.278 e. The van der Waals surface area contributed by atoms with E-state index in [-0.39, 0.29) is 11.2 Å². The van der Waals surface area contributed by atoms with Crippen molar-refractivity contribution in [2.75, 3.05) is 13.7 Å². The molecule has 1 fully saturated rings. The second kappa shape index (κ2) is 5.79. The van der Waals surface area contributed by atoms with Crippen molar-refractivity contribution < 1.29 is 24.5 Å². The largest absolute Gasteiger partial charge is 0.394 e. The maximum atomic E-state index is 11.9. The standard InChI is InChI=1S/C13H14N4O6S/c1-22-12(3-19)9(20)7(2-18)23-13(12,4-24)17-6-16-8-10(17)14-5-15-11(8)21/h3-7,9,18,20H,2H2,1H3,(H,14,15,21)/t7-,9-,12-,13-/m1/s1. The smallest absolute Gasteiger partial charge is 0.278 e. The van der Waals surface area contributed by atoms with Gasteiger partial charge in [-0.25, -0.2) is 9.97 Å². The molecule has 0 aliphatic carbocycles. The van der Waals surface area contributed by atoms with Gasteiger partial charge in [0.15, 0.2) is 17.5 Å². The average molecular weight is 354 g/mol. The van der Waals surface area contributed by atoms with E-state index in [2.05, 4.69) is 15.0 Å². The number of aliphatic hydroxyl groups excluding tert-OH is 2. The van der Waals surface area contributed by atoms with Gasteiger partial charge in [0.1, 0.15) is 18.5 Å². The zero-order valence-corrected chi connectivity index (χ0v) is 13.3. The number of aromatic nitrogens is 4. The Kier molecular flexibility index (Phi) is 4.05. The molecule has 4 atom stereocenters. The van der Waals surface area contributed by atoms with Gasteiger partial charge in [0.25, 0.3) is 5.56 Å². The van der Waals surface area contributed by atoms with Gasteiger partial charge in [-0.1, -0.05) is 12.2 Å². The topological polar surface area (TPSA) is 140 Å². The molecule has 1 saturated heterocycles. The van der Waals surface area contributed by atoms with Gasteiger partial charge in [-0.2, -0.15) is 0 Å². The van der Waals surface area contributed by atoms with Crippen LogP contribution in [0.5, 0.6) is 0 Å². The van der Waals surface area contributed by atoms with Gasteiger partial charge >= 0.3 is 0 Å². The van der Waals surface area contributed by atoms with Crippen LogP contribution >= 0.6 is 12.2 Å². The van der Waals surface area contributed by atoms with E-state index < -0.39 is 35.7 Å². The predicted molar refractivity (Wildman–Crippen MR) is 83.5 cm³/mol. The molecule has 2 aromatic heterocycles. The third-order valence-electron chi connectivity index (χ3n) is 4.23. The molecule has 1 aliphatic heterocycles. The number of hydrogen-bond donors (Lipinski definition) is 3. The minimum absolute atomic E-state index is 0.00448. The van der Waals surface area contributed by atoms with Crippen molar-refractivity contribution in [3.05, 3.63) is 23.0 Å². The van der Waals surface area contributed by atoms with Gasteiger partial charge in [0.2, 0.25) is 11.3 Å². The molecule has 0 spiro atoms. The lowest BCUT2D eigenvalue weighted by atomic mass is 9.87. The number of hydrogen-bond acceptors (Lipinski definition) is 9. The summed E-state index contributed by atoms with van der Waals surface area (Å²) in [5, 5.41) is 21.0. The highest BCUT2D eigenvalue weighted by molar-refractivity contribution is 7.79. The van der Waals surface area contributed by atoms with Gasteiger partial charge in [-0.3, -0.25) is 14.2 Å². The summed E-state index contributed by atoms with van der Waals surface area (Å²) in [6.07, 6.45) is 0.0659. The van der Waals surface area contributed by atoms with Gasteiger partial charge in [0, 0.05) is 12.5 Å². The number of nitrogens with zero attached hydrogens (tertiary/aromatic N) is 3. The molecule has 0 radical (unpaired) electrons. The Morgan fingerprint density at radius 1 is 1.58 bits per heavy atom. The first-order valence-corrected chi connectivity index (χ1v) is 7.34. The maximum absolute atomic E-state index is 11.9. The van der Waals surface area contributed by atoms with Crippen molar-refractivity contribution >= 4 is 35.0 Å². The lowest BCUT2D eigenvalue weighted by Crippen LogP contribution is -2.60. The number of aromatic amines is 1. The first-order chi connectivity index (χ1) is 11.5. The summed E-state index contributed by atoms with van der Waals surface area (Å²) in [5.41, 5.74) is -4.21. The molecular formula is C13H14N4O6S. The SMILES string of the molecule is CO[C@]1(C=O)[C@H](O)[C@@H](CO)O[C@@]1(C=S)n1cnc2c(=O)[nH]cnc21. The first-order valence-electron chi connectivity index (χ1n) is 6.87. The quantitative estimate of drug-likeness (QED) is 0.415. The number of nitrogens with one attached hydrogen (secondary N) is 1. The van der Waals surface area contributed by atoms with Crippen molar-refractivity contribution in [3.63, 3.8) is 0 Å². The Hall–Kier alpha value is -2.05. The van der Waals surface area contributed by atoms with Crippen molar-refractivity contribution in [3.8, 4) is 0 Å². The molecule has 0 saturated carbocycles. The molecule has 3 rings (SSSR count). The molecule has 11 heteroatoms. The number of aldehydes is 1. The van der Waals surface area contributed by atoms with Gasteiger partial charge in [-0.05, 0) is 0 Å². The van der Waals surface area contributed by atoms with Gasteiger partial charge in [-0.15, -0.1) is 0 Å². The molecule has 128 valence electrons. The number of aliphatic hydroxyl groups is 2. The number of imidazole rings is 1. The Balaban J connectivity index is 2.34. The lowest BCUT2D eigenvalue weighted by molar-refractivity contribution is -0.168. The summed E-state index contributed by atoms with van der Waals surface area (Å²) in [4.78, 5) is 34.1. The highest BCUT2D eigenvalue weighted by atomic mass is 32.1. The number of fused-ring (bicyclic) bond motifs is 1. The summed E-state index contributed by atoms with van der Waals surface area (Å²) >= 11 is 5.06. The third-order valence-corrected chi connectivity index (χ3v) is 4.55. The number of thiocarbonyl (C=S) groups is 1. The van der Waals surface area contributed by atoms with E-state index >= 15 is 0 Å². The van der Waals surface area contributed by atoms with E-state index in [1.54, 1.807) is 0 Å². The zero-order chi connectivity index (χ0) is 17.5. The summed E-state index contributed by atoms with van der Waals surface area (Å²) in [5.74, 6) is 0. The van der Waals surface area contributed by atoms with E-state index in [1.807, 2.05) is 0 Å². The molecular weight excluding hydrogens is 340 g/mol. The van der Waals surface area contributed by atoms with Crippen LogP contribution in [0.1, 0.15) is 0 Å². The molecule has 0 amide bonds. The van der Waals surface area contributed by atoms with E-state index in [0.717, 1.165) is 11.7 Å². The Morgan fingerprint density at radius 2 is 2.33 bits per heavy atom. The van der Waals surface area contributed by atoms with Crippen LogP contribution in [-0.2, 0) is 20.0 Å². The molecule has 2 aromatic rings. The van der Waals surface area contributed by atoms with Crippen molar-refractivity contribution in [1.82, 2.24) is 19.5 Å². The van der Waals surface area contributed by atoms with Crippen LogP contribution in [0.25, 0.3) is 11.2 Å². The normalized spacial score (nSPS) is 33.0. The molecule has 24 heavy (non-hydrogen) atoms. The number of ether oxygens (including phenoxy) is 2. The van der Waals surface area contributed by atoms with Crippen LogP contribution in [0.3, 0.4) is 0 Å². The predicted octanol–water partition coefficient (Wildman–Crippen LogP) is -1.89. The summed E-state index contributed by atoms with van der Waals surface area (Å²) in [6.45, 7) is -0.578. The number of methoxy groups -OCH3 is 1. The molecule has 10 nitrogen and oxygen atoms in total. The van der Waals surface area contributed by atoms with Gasteiger partial charge in [0.05, 0.1) is 12.9 Å². The van der Waals surface area contributed by atoms with E-state index in [9.17, 15) is 19.8 Å². The third kappa shape index (κ3) is 1.87. The fraction of sp³-hybridized carbons (Fsp3) is 0.462. The average Bonchev–Trinajstić information content (AvgIpc) is 3.14. The van der Waals surface area contributed by atoms with Crippen LogP contribution in [0, 0.1) is 0 Å². The summed E-state index contributed by atoms with van der Waals surface area (Å²) in [6, 6.07) is 0. The van der Waals surface area contributed by atoms with Crippen LogP contribution in [0.4, 0.5) is 0 Å². The summed E-state index contributed by atoms with van der Waals surface area (Å²) in [7, 11) is 1.20. The van der Waals surface area contributed by atoms with Gasteiger partial charge < -0.3 is 24.7 Å². The molecule has 3 heterocycles. The number of H-pyrrole nitrogens is 1. The number of rotatable bonds is 5. The van der Waals surface area contributed by atoms with E-state index in [0.29, 0.717) is 6.29 Å². The minimum atomic E-state index is -1.96. The van der Waals surface area contributed by atoms with Crippen molar-refractivity contribution in [1.29, 1.82) is 0 Å². The monoisotopic (exact) mass is 354 g/mol. The molecule has 0 aromatic carbocycles. The molecule has 1 aliphatic rings. The second-order valence-electron chi connectivity index (χ2n) is 5.23. The number of carbonyl (C=O) groups excluding carboxylic acids is 1. The van der Waals surface area contributed by atoms with Crippen LogP contribution < -0.4 is 5.56 Å². The fourth-order valence-electron chi connectivity index (χ4n) is 2.99. The first kappa shape index (κ1) is 16.8. The van der Waals surface area contributed by atoms with E-state index in [4.69, 9.17) is 21.7 Å².